The molecule has 0 amide bonds. The Bertz CT molecular complexity index is 610. The van der Waals surface area contributed by atoms with Gasteiger partial charge in [-0.15, -0.1) is 0 Å². The molecule has 3 rings (SSSR count). The highest BCUT2D eigenvalue weighted by molar-refractivity contribution is 5.51. The summed E-state index contributed by atoms with van der Waals surface area (Å²) < 4.78 is 12.4. The second-order valence-corrected chi connectivity index (χ2v) is 4.71. The molecule has 0 unspecified atom stereocenters. The van der Waals surface area contributed by atoms with Crippen molar-refractivity contribution in [3.05, 3.63) is 35.7 Å². The Hall–Kier alpha value is -2.21. The van der Waals surface area contributed by atoms with Crippen molar-refractivity contribution < 1.29 is 14.6 Å². The van der Waals surface area contributed by atoms with Gasteiger partial charge >= 0.3 is 0 Å². The quantitative estimate of drug-likeness (QED) is 0.802. The van der Waals surface area contributed by atoms with E-state index in [1.165, 1.54) is 5.69 Å². The highest BCUT2D eigenvalue weighted by Crippen LogP contribution is 2.37. The maximum absolute atomic E-state index is 9.91. The van der Waals surface area contributed by atoms with Crippen LogP contribution in [0, 0.1) is 0 Å². The molecule has 0 saturated carbocycles. The van der Waals surface area contributed by atoms with Crippen molar-refractivity contribution in [2.75, 3.05) is 13.3 Å². The first kappa shape index (κ1) is 12.8. The normalized spacial score (nSPS) is 12.8. The van der Waals surface area contributed by atoms with Crippen LogP contribution < -0.4 is 14.8 Å². The van der Waals surface area contributed by atoms with Crippen LogP contribution >= 0.6 is 0 Å². The monoisotopic (exact) mass is 275 g/mol. The Morgan fingerprint density at radius 1 is 1.35 bits per heavy atom. The van der Waals surface area contributed by atoms with Gasteiger partial charge in [0.15, 0.2) is 11.5 Å². The summed E-state index contributed by atoms with van der Waals surface area (Å²) in [6.07, 6.45) is 2.68. The number of aromatic nitrogens is 2. The molecule has 6 nitrogen and oxygen atoms in total. The number of fused-ring (bicyclic) bond motifs is 1. The van der Waals surface area contributed by atoms with E-state index >= 15 is 0 Å². The van der Waals surface area contributed by atoms with Gasteiger partial charge in [0.25, 0.3) is 0 Å². The largest absolute Gasteiger partial charge is 0.507 e. The maximum atomic E-state index is 9.91. The lowest BCUT2D eigenvalue weighted by Crippen LogP contribution is -2.18. The van der Waals surface area contributed by atoms with Crippen molar-refractivity contribution in [2.24, 2.45) is 7.05 Å². The summed E-state index contributed by atoms with van der Waals surface area (Å²) in [6.45, 7) is 1.61. The lowest BCUT2D eigenvalue weighted by molar-refractivity contribution is 0.174. The molecule has 0 spiro atoms. The molecule has 1 aromatic heterocycles. The number of aromatic hydroxyl groups is 1. The number of phenolic OH excluding ortho intramolecular Hbond substituents is 1. The predicted octanol–water partition coefficient (Wildman–Crippen LogP) is 1.19. The summed E-state index contributed by atoms with van der Waals surface area (Å²) >= 11 is 0. The number of ether oxygens (including phenoxy) is 2. The average molecular weight is 275 g/mol. The molecular weight excluding hydrogens is 258 g/mol. The van der Waals surface area contributed by atoms with Gasteiger partial charge in [0, 0.05) is 50.1 Å². The van der Waals surface area contributed by atoms with Crippen molar-refractivity contribution in [1.29, 1.82) is 0 Å². The van der Waals surface area contributed by atoms with Gasteiger partial charge in [-0.2, -0.15) is 5.10 Å². The summed E-state index contributed by atoms with van der Waals surface area (Å²) in [4.78, 5) is 0. The number of aryl methyl sites for hydroxylation is 1. The molecule has 0 saturated heterocycles. The summed E-state index contributed by atoms with van der Waals surface area (Å²) in [7, 11) is 1.93. The van der Waals surface area contributed by atoms with Crippen LogP contribution in [0.5, 0.6) is 17.2 Å². The van der Waals surface area contributed by atoms with Gasteiger partial charge in [-0.25, -0.2) is 0 Å². The molecule has 0 bridgehead atoms. The molecule has 106 valence electrons. The Labute approximate surface area is 116 Å². The smallest absolute Gasteiger partial charge is 0.231 e. The van der Waals surface area contributed by atoms with E-state index in [2.05, 4.69) is 10.4 Å². The molecule has 1 aliphatic heterocycles. The molecule has 0 aliphatic carbocycles. The zero-order valence-corrected chi connectivity index (χ0v) is 11.3. The van der Waals surface area contributed by atoms with E-state index in [9.17, 15) is 5.11 Å². The molecule has 1 aromatic carbocycles. The molecule has 0 atom stereocenters. The maximum Gasteiger partial charge on any atom is 0.231 e. The SMILES string of the molecule is Cn1nccc1CCNCc1cc2c(cc1O)OCO2. The number of phenols is 1. The van der Waals surface area contributed by atoms with Gasteiger partial charge in [-0.1, -0.05) is 0 Å². The topological polar surface area (TPSA) is 68.5 Å². The van der Waals surface area contributed by atoms with Crippen molar-refractivity contribution in [3.63, 3.8) is 0 Å². The highest BCUT2D eigenvalue weighted by atomic mass is 16.7. The van der Waals surface area contributed by atoms with Gasteiger partial charge in [0.1, 0.15) is 5.75 Å². The van der Waals surface area contributed by atoms with Gasteiger partial charge in [-0.05, 0) is 12.1 Å². The van der Waals surface area contributed by atoms with E-state index in [4.69, 9.17) is 9.47 Å². The fourth-order valence-corrected chi connectivity index (χ4v) is 2.20. The van der Waals surface area contributed by atoms with E-state index in [0.29, 0.717) is 18.0 Å². The first-order chi connectivity index (χ1) is 9.74. The second kappa shape index (κ2) is 5.42. The summed E-state index contributed by atoms with van der Waals surface area (Å²) in [5, 5.41) is 17.3. The standard InChI is InChI=1S/C14H17N3O3/c1-17-11(3-5-16-17)2-4-15-8-10-6-13-14(7-12(10)18)20-9-19-13/h3,5-7,15,18H,2,4,8-9H2,1H3. The number of rotatable bonds is 5. The number of nitrogens with one attached hydrogen (secondary N) is 1. The third kappa shape index (κ3) is 2.55. The van der Waals surface area contributed by atoms with E-state index < -0.39 is 0 Å². The molecule has 1 aliphatic rings. The zero-order valence-electron chi connectivity index (χ0n) is 11.3. The number of benzene rings is 1. The van der Waals surface area contributed by atoms with Crippen LogP contribution in [0.15, 0.2) is 24.4 Å². The summed E-state index contributed by atoms with van der Waals surface area (Å²) in [5.41, 5.74) is 1.98. The van der Waals surface area contributed by atoms with Gasteiger partial charge in [-0.3, -0.25) is 4.68 Å². The predicted molar refractivity (Wildman–Crippen MR) is 72.8 cm³/mol. The van der Waals surface area contributed by atoms with E-state index in [1.54, 1.807) is 12.3 Å². The zero-order chi connectivity index (χ0) is 13.9. The molecule has 2 aromatic rings. The molecular formula is C14H17N3O3. The Morgan fingerprint density at radius 3 is 2.90 bits per heavy atom. The van der Waals surface area contributed by atoms with Crippen LogP contribution in [0.2, 0.25) is 0 Å². The van der Waals surface area contributed by atoms with Crippen molar-refractivity contribution in [2.45, 2.75) is 13.0 Å². The third-order valence-electron chi connectivity index (χ3n) is 3.37. The molecule has 2 N–H and O–H groups in total. The number of hydrogen-bond donors (Lipinski definition) is 2. The lowest BCUT2D eigenvalue weighted by Gasteiger charge is -2.08. The number of nitrogens with zero attached hydrogens (tertiary/aromatic N) is 2. The first-order valence-corrected chi connectivity index (χ1v) is 6.53. The molecule has 20 heavy (non-hydrogen) atoms. The van der Waals surface area contributed by atoms with Crippen LogP contribution in [0.4, 0.5) is 0 Å². The summed E-state index contributed by atoms with van der Waals surface area (Å²) in [5.74, 6) is 1.51. The number of hydrogen-bond acceptors (Lipinski definition) is 5. The van der Waals surface area contributed by atoms with E-state index in [1.807, 2.05) is 23.9 Å². The third-order valence-corrected chi connectivity index (χ3v) is 3.37. The highest BCUT2D eigenvalue weighted by Gasteiger charge is 2.16. The van der Waals surface area contributed by atoms with Crippen LogP contribution in [0.1, 0.15) is 11.3 Å². The van der Waals surface area contributed by atoms with E-state index in [-0.39, 0.29) is 12.5 Å². The first-order valence-electron chi connectivity index (χ1n) is 6.53. The van der Waals surface area contributed by atoms with Crippen LogP contribution in [0.25, 0.3) is 0 Å². The molecule has 0 radical (unpaired) electrons. The lowest BCUT2D eigenvalue weighted by atomic mass is 10.1. The Balaban J connectivity index is 1.55. The second-order valence-electron chi connectivity index (χ2n) is 4.71. The fraction of sp³-hybridized carbons (Fsp3) is 0.357. The van der Waals surface area contributed by atoms with Gasteiger partial charge in [0.05, 0.1) is 0 Å². The molecule has 6 heteroatoms. The van der Waals surface area contributed by atoms with Crippen molar-refractivity contribution >= 4 is 0 Å². The minimum absolute atomic E-state index is 0.214. The minimum atomic E-state index is 0.214. The van der Waals surface area contributed by atoms with Crippen LogP contribution in [-0.2, 0) is 20.0 Å². The Morgan fingerprint density at radius 2 is 2.15 bits per heavy atom. The van der Waals surface area contributed by atoms with Crippen LogP contribution in [0.3, 0.4) is 0 Å². The Kier molecular flexibility index (Phi) is 3.47. The van der Waals surface area contributed by atoms with Gasteiger partial charge < -0.3 is 19.9 Å². The van der Waals surface area contributed by atoms with Gasteiger partial charge in [0.2, 0.25) is 6.79 Å². The van der Waals surface area contributed by atoms with Crippen LogP contribution in [-0.4, -0.2) is 28.2 Å². The van der Waals surface area contributed by atoms with Crippen molar-refractivity contribution in [3.8, 4) is 17.2 Å². The van der Waals surface area contributed by atoms with E-state index in [0.717, 1.165) is 18.5 Å². The molecule has 0 fully saturated rings. The fourth-order valence-electron chi connectivity index (χ4n) is 2.20. The average Bonchev–Trinajstić information content (AvgIpc) is 3.03. The van der Waals surface area contributed by atoms with Crippen molar-refractivity contribution in [1.82, 2.24) is 15.1 Å². The minimum Gasteiger partial charge on any atom is -0.507 e. The summed E-state index contributed by atoms with van der Waals surface area (Å²) in [6, 6.07) is 5.41. The molecule has 2 heterocycles.